The number of primary amides is 1. The maximum Gasteiger partial charge on any atom is 0.402 e. The average Bonchev–Trinajstić information content (AvgIpc) is 2.42. The van der Waals surface area contributed by atoms with Gasteiger partial charge in [-0.15, -0.1) is 0 Å². The Labute approximate surface area is 138 Å². The fourth-order valence-corrected chi connectivity index (χ4v) is 1.34. The number of hydrogen-bond donors (Lipinski definition) is 3. The van der Waals surface area contributed by atoms with Gasteiger partial charge in [0.25, 0.3) is 0 Å². The van der Waals surface area contributed by atoms with Crippen LogP contribution in [-0.4, -0.2) is 69.0 Å². The Morgan fingerprint density at radius 2 is 1.00 bits per heavy atom. The van der Waals surface area contributed by atoms with E-state index in [-0.39, 0.29) is 0 Å². The molecule has 138 valence electrons. The highest BCUT2D eigenvalue weighted by Crippen LogP contribution is 1.82. The van der Waals surface area contributed by atoms with Crippen LogP contribution >= 0.6 is 0 Å². The molecular weight excluding hydrogens is 308 g/mol. The zero-order valence-electron chi connectivity index (χ0n) is 14.9. The van der Waals surface area contributed by atoms with E-state index in [2.05, 4.69) is 62.2 Å². The number of carboxylic acid groups (broad SMARTS) is 1. The van der Waals surface area contributed by atoms with Gasteiger partial charge in [0.2, 0.25) is 0 Å². The van der Waals surface area contributed by atoms with Crippen molar-refractivity contribution in [2.24, 2.45) is 10.9 Å². The Morgan fingerprint density at radius 1 is 0.909 bits per heavy atom. The first-order valence-corrected chi connectivity index (χ1v) is 8.56. The van der Waals surface area contributed by atoms with Gasteiger partial charge >= 0.3 is 6.09 Å². The average molecular weight is 344 g/mol. The van der Waals surface area contributed by atoms with Crippen LogP contribution in [0, 0.1) is 0 Å². The molecule has 0 saturated carbocycles. The molecule has 1 amide bonds. The molecule has 0 aliphatic heterocycles. The molecule has 0 radical (unpaired) electrons. The molecule has 0 bridgehead atoms. The Kier molecular flexibility index (Phi) is 33.6. The lowest BCUT2D eigenvalue weighted by molar-refractivity contribution is 0.205. The third-order valence-corrected chi connectivity index (χ3v) is 2.68. The zero-order valence-corrected chi connectivity index (χ0v) is 15.7. The second-order valence-corrected chi connectivity index (χ2v) is 4.36. The molecule has 8 nitrogen and oxygen atoms in total. The van der Waals surface area contributed by atoms with Crippen LogP contribution in [0.1, 0.15) is 41.5 Å². The molecule has 5 N–H and O–H groups in total. The molecule has 0 heterocycles. The summed E-state index contributed by atoms with van der Waals surface area (Å²) in [6.07, 6.45) is -1.33. The SMILES string of the molecule is CCN(CC)CC.CCN(CC)CC.NC(=O)O.NS(=O)[O-]. The second-order valence-electron chi connectivity index (χ2n) is 3.84. The highest BCUT2D eigenvalue weighted by molar-refractivity contribution is 7.76. The Balaban J connectivity index is -0.000000102. The number of amides is 1. The van der Waals surface area contributed by atoms with Gasteiger partial charge in [-0.3, -0.25) is 9.35 Å². The standard InChI is InChI=1S/2C6H15N.CH3NO2.H3NO2S/c2*1-4-7(5-2)6-3;2-1(3)4;1-4(2)3/h2*4-6H2,1-3H3;2H2,(H,3,4);1H2,(H,2,3)/p-1. The van der Waals surface area contributed by atoms with Crippen molar-refractivity contribution in [1.82, 2.24) is 9.80 Å². The monoisotopic (exact) mass is 343 g/mol. The molecule has 1 unspecified atom stereocenters. The number of carbonyl (C=O) groups is 1. The van der Waals surface area contributed by atoms with Crippen molar-refractivity contribution in [2.75, 3.05) is 39.3 Å². The van der Waals surface area contributed by atoms with Crippen molar-refractivity contribution < 1.29 is 18.7 Å². The second kappa shape index (κ2) is 25.2. The van der Waals surface area contributed by atoms with Gasteiger partial charge in [-0.1, -0.05) is 41.5 Å². The Hall–Kier alpha value is -0.740. The summed E-state index contributed by atoms with van der Waals surface area (Å²) < 4.78 is 17.6. The van der Waals surface area contributed by atoms with Gasteiger partial charge < -0.3 is 25.2 Å². The van der Waals surface area contributed by atoms with Gasteiger partial charge in [0.15, 0.2) is 0 Å². The molecule has 0 saturated heterocycles. The molecule has 0 aromatic rings. The molecule has 0 fully saturated rings. The molecule has 9 heteroatoms. The Morgan fingerprint density at radius 3 is 1.00 bits per heavy atom. The van der Waals surface area contributed by atoms with E-state index in [4.69, 9.17) is 18.7 Å². The van der Waals surface area contributed by atoms with Crippen molar-refractivity contribution in [3.05, 3.63) is 0 Å². The van der Waals surface area contributed by atoms with Crippen LogP contribution in [0.5, 0.6) is 0 Å². The number of rotatable bonds is 6. The third kappa shape index (κ3) is 50.7. The van der Waals surface area contributed by atoms with Gasteiger partial charge in [0.05, 0.1) is 0 Å². The van der Waals surface area contributed by atoms with Crippen molar-refractivity contribution in [2.45, 2.75) is 41.5 Å². The largest absolute Gasteiger partial charge is 0.760 e. The number of hydrogen-bond acceptors (Lipinski definition) is 5. The summed E-state index contributed by atoms with van der Waals surface area (Å²) in [5.41, 5.74) is 4.03. The molecule has 1 atom stereocenters. The minimum absolute atomic E-state index is 1.19. The summed E-state index contributed by atoms with van der Waals surface area (Å²) in [6, 6.07) is 0. The normalized spacial score (nSPS) is 10.5. The lowest BCUT2D eigenvalue weighted by atomic mass is 10.5. The predicted molar refractivity (Wildman–Crippen MR) is 92.2 cm³/mol. The van der Waals surface area contributed by atoms with Crippen LogP contribution in [0.2, 0.25) is 0 Å². The fourth-order valence-electron chi connectivity index (χ4n) is 1.34. The van der Waals surface area contributed by atoms with Crippen LogP contribution in [0.3, 0.4) is 0 Å². The lowest BCUT2D eigenvalue weighted by Gasteiger charge is -2.13. The van der Waals surface area contributed by atoms with E-state index in [0.29, 0.717) is 0 Å². The maximum atomic E-state index is 8.78. The number of nitrogens with two attached hydrogens (primary N) is 2. The molecule has 0 aromatic heterocycles. The van der Waals surface area contributed by atoms with E-state index in [1.807, 2.05) is 0 Å². The highest BCUT2D eigenvalue weighted by Gasteiger charge is 1.89. The maximum absolute atomic E-state index is 8.78. The highest BCUT2D eigenvalue weighted by atomic mass is 32.2. The van der Waals surface area contributed by atoms with Crippen LogP contribution in [-0.2, 0) is 11.3 Å². The van der Waals surface area contributed by atoms with E-state index in [1.54, 1.807) is 0 Å². The quantitative estimate of drug-likeness (QED) is 0.617. The van der Waals surface area contributed by atoms with Crippen LogP contribution < -0.4 is 10.9 Å². The minimum atomic E-state index is -2.36. The van der Waals surface area contributed by atoms with E-state index < -0.39 is 17.4 Å². The van der Waals surface area contributed by atoms with Gasteiger partial charge in [0, 0.05) is 11.3 Å². The first kappa shape index (κ1) is 29.3. The molecule has 0 aliphatic carbocycles. The summed E-state index contributed by atoms with van der Waals surface area (Å²) in [7, 11) is 0. The van der Waals surface area contributed by atoms with E-state index in [1.165, 1.54) is 39.3 Å². The molecule has 22 heavy (non-hydrogen) atoms. The van der Waals surface area contributed by atoms with E-state index >= 15 is 0 Å². The van der Waals surface area contributed by atoms with Crippen molar-refractivity contribution in [1.29, 1.82) is 0 Å². The fraction of sp³-hybridized carbons (Fsp3) is 0.923. The predicted octanol–water partition coefficient (Wildman–Crippen LogP) is 1.06. The smallest absolute Gasteiger partial charge is 0.402 e. The topological polar surface area (TPSA) is 136 Å². The van der Waals surface area contributed by atoms with Gasteiger partial charge in [-0.25, -0.2) is 4.79 Å². The van der Waals surface area contributed by atoms with Crippen LogP contribution in [0.25, 0.3) is 0 Å². The summed E-state index contributed by atoms with van der Waals surface area (Å²) >= 11 is -2.36. The van der Waals surface area contributed by atoms with Gasteiger partial charge in [-0.05, 0) is 39.3 Å². The summed E-state index contributed by atoms with van der Waals surface area (Å²) in [5, 5.41) is 11.2. The summed E-state index contributed by atoms with van der Waals surface area (Å²) in [4.78, 5) is 13.5. The van der Waals surface area contributed by atoms with Gasteiger partial charge in [0.1, 0.15) is 0 Å². The third-order valence-electron chi connectivity index (χ3n) is 2.68. The summed E-state index contributed by atoms with van der Waals surface area (Å²) in [6.45, 7) is 20.2. The Bertz CT molecular complexity index is 195. The molecule has 0 aliphatic rings. The van der Waals surface area contributed by atoms with Gasteiger partial charge in [-0.2, -0.15) is 0 Å². The van der Waals surface area contributed by atoms with Crippen LogP contribution in [0.15, 0.2) is 0 Å². The first-order chi connectivity index (χ1) is 10.2. The van der Waals surface area contributed by atoms with Crippen molar-refractivity contribution in [3.8, 4) is 0 Å². The van der Waals surface area contributed by atoms with Crippen molar-refractivity contribution in [3.63, 3.8) is 0 Å². The minimum Gasteiger partial charge on any atom is -0.760 e. The van der Waals surface area contributed by atoms with Crippen LogP contribution in [0.4, 0.5) is 4.79 Å². The first-order valence-electron chi connectivity index (χ1n) is 7.43. The molecule has 0 spiro atoms. The van der Waals surface area contributed by atoms with Crippen molar-refractivity contribution >= 4 is 17.4 Å². The lowest BCUT2D eigenvalue weighted by Crippen LogP contribution is -2.21. The zero-order chi connectivity index (χ0) is 18.6. The van der Waals surface area contributed by atoms with E-state index in [9.17, 15) is 0 Å². The molecular formula is C13H35N4O4S-. The van der Waals surface area contributed by atoms with E-state index in [0.717, 1.165) is 0 Å². The molecule has 0 rings (SSSR count). The summed E-state index contributed by atoms with van der Waals surface area (Å²) in [5.74, 6) is 0. The number of nitrogens with zero attached hydrogens (tertiary/aromatic N) is 2. The molecule has 0 aromatic carbocycles.